The van der Waals surface area contributed by atoms with Gasteiger partial charge in [-0.05, 0) is 125 Å². The smallest absolute Gasteiger partial charge is 0.0541 e. The molecule has 2 unspecified atom stereocenters. The van der Waals surface area contributed by atoms with Gasteiger partial charge in [0, 0.05) is 28.3 Å². The Morgan fingerprint density at radius 1 is 0.286 bits per heavy atom. The minimum atomic E-state index is 0.0809. The Kier molecular flexibility index (Phi) is 8.11. The van der Waals surface area contributed by atoms with Gasteiger partial charge in [0.2, 0.25) is 0 Å². The highest BCUT2D eigenvalue weighted by Crippen LogP contribution is 2.59. The number of fused-ring (bicyclic) bond motifs is 10. The molecule has 1 heterocycles. The molecular weight excluding hydrogens is 759 g/mol. The maximum Gasteiger partial charge on any atom is 0.0541 e. The summed E-state index contributed by atoms with van der Waals surface area (Å²) in [6.45, 7) is 0. The average molecular weight is 800 g/mol. The standard InChI is InChI=1S/C62H41N/c1-4-16-40(17-5-1)43-22-14-24-47(36-43)60-52-32-30-45(38-55(52)53-33-34-54-59(42-20-8-3-9-21-42)50-27-10-11-28-51(50)61(54)62(53)60)46-31-35-58-56(39-46)49-26-12-13-29-57(49)63(58)48-25-15-23-44(37-48)41-18-6-2-7-19-41/h1-39,59-60H. The lowest BCUT2D eigenvalue weighted by molar-refractivity contribution is 0.995. The summed E-state index contributed by atoms with van der Waals surface area (Å²) in [4.78, 5) is 0. The van der Waals surface area contributed by atoms with Crippen molar-refractivity contribution in [2.45, 2.75) is 11.8 Å². The predicted octanol–water partition coefficient (Wildman–Crippen LogP) is 16.1. The molecule has 0 N–H and O–H groups in total. The van der Waals surface area contributed by atoms with Crippen LogP contribution in [-0.2, 0) is 0 Å². The van der Waals surface area contributed by atoms with Crippen molar-refractivity contribution in [1.29, 1.82) is 0 Å². The van der Waals surface area contributed by atoms with Crippen LogP contribution in [0.4, 0.5) is 0 Å². The number of benzene rings is 10. The van der Waals surface area contributed by atoms with E-state index in [1.54, 1.807) is 0 Å². The molecule has 63 heavy (non-hydrogen) atoms. The Hall–Kier alpha value is -8.00. The van der Waals surface area contributed by atoms with Gasteiger partial charge < -0.3 is 4.57 Å². The number of hydrogen-bond donors (Lipinski definition) is 0. The van der Waals surface area contributed by atoms with E-state index in [2.05, 4.69) is 241 Å². The molecule has 13 rings (SSSR count). The van der Waals surface area contributed by atoms with E-state index in [1.165, 1.54) is 111 Å². The van der Waals surface area contributed by atoms with Crippen LogP contribution >= 0.6 is 0 Å². The molecule has 2 aliphatic rings. The van der Waals surface area contributed by atoms with Gasteiger partial charge in [-0.3, -0.25) is 0 Å². The van der Waals surface area contributed by atoms with Crippen molar-refractivity contribution in [2.24, 2.45) is 0 Å². The van der Waals surface area contributed by atoms with Crippen molar-refractivity contribution < 1.29 is 0 Å². The lowest BCUT2D eigenvalue weighted by Gasteiger charge is -2.20. The molecule has 2 aliphatic carbocycles. The molecule has 0 bridgehead atoms. The van der Waals surface area contributed by atoms with Gasteiger partial charge in [0.1, 0.15) is 0 Å². The average Bonchev–Trinajstić information content (AvgIpc) is 4.00. The van der Waals surface area contributed by atoms with Crippen LogP contribution in [0.15, 0.2) is 237 Å². The van der Waals surface area contributed by atoms with E-state index in [1.807, 2.05) is 0 Å². The highest BCUT2D eigenvalue weighted by Gasteiger charge is 2.39. The van der Waals surface area contributed by atoms with Crippen molar-refractivity contribution in [3.63, 3.8) is 0 Å². The van der Waals surface area contributed by atoms with E-state index >= 15 is 0 Å². The largest absolute Gasteiger partial charge is 0.309 e. The minimum Gasteiger partial charge on any atom is -0.309 e. The zero-order valence-corrected chi connectivity index (χ0v) is 34.6. The van der Waals surface area contributed by atoms with Crippen molar-refractivity contribution in [3.05, 3.63) is 270 Å². The summed E-state index contributed by atoms with van der Waals surface area (Å²) in [5.74, 6) is 0.269. The molecule has 1 heteroatoms. The zero-order chi connectivity index (χ0) is 41.4. The Labute approximate surface area is 367 Å². The zero-order valence-electron chi connectivity index (χ0n) is 34.6. The SMILES string of the molecule is c1ccc(-c2cccc(C3c4ccc(-c5ccc6c(c5)c5ccccc5n6-c5cccc(-c6ccccc6)c5)cc4-c4ccc5c(c43)-c3ccccc3C5c3ccccc3)c2)cc1. The van der Waals surface area contributed by atoms with Crippen molar-refractivity contribution >= 4 is 21.8 Å². The Morgan fingerprint density at radius 3 is 1.67 bits per heavy atom. The molecule has 0 amide bonds. The molecule has 0 saturated heterocycles. The molecule has 0 fully saturated rings. The van der Waals surface area contributed by atoms with Crippen LogP contribution in [0.3, 0.4) is 0 Å². The molecule has 0 radical (unpaired) electrons. The molecule has 0 spiro atoms. The molecular formula is C62H41N. The molecule has 0 saturated carbocycles. The lowest BCUT2D eigenvalue weighted by atomic mass is 9.83. The molecule has 1 aromatic heterocycles. The van der Waals surface area contributed by atoms with Crippen LogP contribution in [0.2, 0.25) is 0 Å². The molecule has 10 aromatic carbocycles. The fraction of sp³-hybridized carbons (Fsp3) is 0.0323. The van der Waals surface area contributed by atoms with Gasteiger partial charge in [0.25, 0.3) is 0 Å². The van der Waals surface area contributed by atoms with Gasteiger partial charge in [-0.15, -0.1) is 0 Å². The molecule has 294 valence electrons. The van der Waals surface area contributed by atoms with E-state index in [0.29, 0.717) is 0 Å². The third-order valence-corrected chi connectivity index (χ3v) is 13.8. The summed E-state index contributed by atoms with van der Waals surface area (Å²) >= 11 is 0. The monoisotopic (exact) mass is 799 g/mol. The maximum absolute atomic E-state index is 2.47. The Balaban J connectivity index is 0.992. The van der Waals surface area contributed by atoms with Crippen LogP contribution in [0.1, 0.15) is 45.2 Å². The fourth-order valence-electron chi connectivity index (χ4n) is 11.0. The second-order valence-corrected chi connectivity index (χ2v) is 17.1. The predicted molar refractivity (Wildman–Crippen MR) is 263 cm³/mol. The number of hydrogen-bond acceptors (Lipinski definition) is 0. The van der Waals surface area contributed by atoms with Gasteiger partial charge in [-0.1, -0.05) is 200 Å². The second kappa shape index (κ2) is 14.3. The maximum atomic E-state index is 2.47. The van der Waals surface area contributed by atoms with E-state index in [4.69, 9.17) is 0 Å². The summed E-state index contributed by atoms with van der Waals surface area (Å²) in [5.41, 5.74) is 24.6. The summed E-state index contributed by atoms with van der Waals surface area (Å²) in [5, 5.41) is 2.51. The summed E-state index contributed by atoms with van der Waals surface area (Å²) in [7, 11) is 0. The highest BCUT2D eigenvalue weighted by molar-refractivity contribution is 6.10. The second-order valence-electron chi connectivity index (χ2n) is 17.1. The van der Waals surface area contributed by atoms with Crippen LogP contribution in [0.5, 0.6) is 0 Å². The van der Waals surface area contributed by atoms with Crippen LogP contribution in [-0.4, -0.2) is 4.57 Å². The minimum absolute atomic E-state index is 0.0809. The summed E-state index contributed by atoms with van der Waals surface area (Å²) < 4.78 is 2.43. The number of rotatable bonds is 6. The van der Waals surface area contributed by atoms with Crippen LogP contribution < -0.4 is 0 Å². The normalized spacial score (nSPS) is 14.7. The van der Waals surface area contributed by atoms with Crippen LogP contribution in [0.25, 0.3) is 83.1 Å². The lowest BCUT2D eigenvalue weighted by Crippen LogP contribution is -2.03. The van der Waals surface area contributed by atoms with Crippen LogP contribution in [0, 0.1) is 0 Å². The Morgan fingerprint density at radius 2 is 0.857 bits per heavy atom. The van der Waals surface area contributed by atoms with Crippen molar-refractivity contribution in [3.8, 4) is 61.3 Å². The molecule has 11 aromatic rings. The molecule has 1 nitrogen and oxygen atoms in total. The fourth-order valence-corrected chi connectivity index (χ4v) is 11.0. The van der Waals surface area contributed by atoms with E-state index in [-0.39, 0.29) is 11.8 Å². The number of para-hydroxylation sites is 1. The molecule has 0 aliphatic heterocycles. The van der Waals surface area contributed by atoms with Gasteiger partial charge in [-0.25, -0.2) is 0 Å². The van der Waals surface area contributed by atoms with E-state index in [9.17, 15) is 0 Å². The van der Waals surface area contributed by atoms with Crippen molar-refractivity contribution in [1.82, 2.24) is 4.57 Å². The summed E-state index contributed by atoms with van der Waals surface area (Å²) in [6.07, 6.45) is 0. The third-order valence-electron chi connectivity index (χ3n) is 13.8. The topological polar surface area (TPSA) is 4.93 Å². The summed E-state index contributed by atoms with van der Waals surface area (Å²) in [6, 6.07) is 87.9. The third kappa shape index (κ3) is 5.63. The Bertz CT molecular complexity index is 3560. The molecule has 2 atom stereocenters. The van der Waals surface area contributed by atoms with E-state index in [0.717, 1.165) is 5.69 Å². The highest BCUT2D eigenvalue weighted by atomic mass is 15.0. The first-order valence-electron chi connectivity index (χ1n) is 22.1. The quantitative estimate of drug-likeness (QED) is 0.158. The van der Waals surface area contributed by atoms with Gasteiger partial charge in [0.05, 0.1) is 11.0 Å². The van der Waals surface area contributed by atoms with Gasteiger partial charge >= 0.3 is 0 Å². The first-order valence-corrected chi connectivity index (χ1v) is 22.1. The van der Waals surface area contributed by atoms with Gasteiger partial charge in [-0.2, -0.15) is 0 Å². The first-order chi connectivity index (χ1) is 31.3. The number of nitrogens with zero attached hydrogens (tertiary/aromatic N) is 1. The first kappa shape index (κ1) is 35.7. The number of aromatic nitrogens is 1. The van der Waals surface area contributed by atoms with Crippen molar-refractivity contribution in [2.75, 3.05) is 0 Å². The van der Waals surface area contributed by atoms with Gasteiger partial charge in [0.15, 0.2) is 0 Å². The van der Waals surface area contributed by atoms with E-state index < -0.39 is 0 Å².